The first-order chi connectivity index (χ1) is 8.16. The van der Waals surface area contributed by atoms with Crippen molar-refractivity contribution >= 4 is 21.8 Å². The van der Waals surface area contributed by atoms with Crippen molar-refractivity contribution in [2.24, 2.45) is 0 Å². The molecule has 0 bridgehead atoms. The van der Waals surface area contributed by atoms with Crippen LogP contribution in [0.2, 0.25) is 0 Å². The molecule has 0 aliphatic carbocycles. The molecule has 0 unspecified atom stereocenters. The van der Waals surface area contributed by atoms with E-state index in [1.165, 1.54) is 6.07 Å². The fourth-order valence-electron chi connectivity index (χ4n) is 1.61. The van der Waals surface area contributed by atoms with Gasteiger partial charge in [0.05, 0.1) is 5.56 Å². The number of hydrogen-bond donors (Lipinski definition) is 1. The SMILES string of the molecule is Nc1cc(-c2c(Br)cc3c(c2F)OCO3)no1. The lowest BCUT2D eigenvalue weighted by Crippen LogP contribution is -1.94. The van der Waals surface area contributed by atoms with Crippen molar-refractivity contribution in [3.8, 4) is 22.8 Å². The molecular weight excluding hydrogens is 295 g/mol. The lowest BCUT2D eigenvalue weighted by atomic mass is 10.1. The third kappa shape index (κ3) is 1.54. The zero-order valence-electron chi connectivity index (χ0n) is 8.37. The van der Waals surface area contributed by atoms with Crippen molar-refractivity contribution in [1.29, 1.82) is 0 Å². The smallest absolute Gasteiger partial charge is 0.231 e. The summed E-state index contributed by atoms with van der Waals surface area (Å²) in [6.07, 6.45) is 0. The molecule has 0 fully saturated rings. The van der Waals surface area contributed by atoms with Crippen LogP contribution in [0.1, 0.15) is 0 Å². The van der Waals surface area contributed by atoms with Crippen molar-refractivity contribution in [2.45, 2.75) is 0 Å². The summed E-state index contributed by atoms with van der Waals surface area (Å²) in [5.41, 5.74) is 5.93. The summed E-state index contributed by atoms with van der Waals surface area (Å²) in [7, 11) is 0. The van der Waals surface area contributed by atoms with Crippen LogP contribution < -0.4 is 15.2 Å². The molecule has 1 aliphatic rings. The standard InChI is InChI=1S/C10H6BrFN2O3/c11-4-1-6-10(16-3-15-6)9(12)8(4)5-2-7(13)17-14-5/h1-2H,3,13H2. The van der Waals surface area contributed by atoms with Gasteiger partial charge in [-0.15, -0.1) is 0 Å². The highest BCUT2D eigenvalue weighted by molar-refractivity contribution is 9.10. The van der Waals surface area contributed by atoms with Gasteiger partial charge in [-0.2, -0.15) is 0 Å². The van der Waals surface area contributed by atoms with Gasteiger partial charge in [0.15, 0.2) is 11.6 Å². The Morgan fingerprint density at radius 1 is 1.35 bits per heavy atom. The molecule has 0 atom stereocenters. The molecule has 1 aromatic heterocycles. The number of nitrogens with zero attached hydrogens (tertiary/aromatic N) is 1. The van der Waals surface area contributed by atoms with E-state index < -0.39 is 5.82 Å². The predicted molar refractivity (Wildman–Crippen MR) is 60.1 cm³/mol. The number of benzene rings is 1. The zero-order valence-corrected chi connectivity index (χ0v) is 9.95. The molecule has 2 aromatic rings. The highest BCUT2D eigenvalue weighted by Gasteiger charge is 2.26. The van der Waals surface area contributed by atoms with Crippen molar-refractivity contribution in [1.82, 2.24) is 5.16 Å². The summed E-state index contributed by atoms with van der Waals surface area (Å²) >= 11 is 3.25. The molecule has 7 heteroatoms. The fraction of sp³-hybridized carbons (Fsp3) is 0.100. The Morgan fingerprint density at radius 2 is 2.18 bits per heavy atom. The Morgan fingerprint density at radius 3 is 2.88 bits per heavy atom. The number of rotatable bonds is 1. The number of fused-ring (bicyclic) bond motifs is 1. The van der Waals surface area contributed by atoms with E-state index in [9.17, 15) is 4.39 Å². The van der Waals surface area contributed by atoms with E-state index in [-0.39, 0.29) is 24.0 Å². The van der Waals surface area contributed by atoms with Gasteiger partial charge in [-0.1, -0.05) is 5.16 Å². The summed E-state index contributed by atoms with van der Waals surface area (Å²) in [6, 6.07) is 3.05. The average Bonchev–Trinajstić information content (AvgIpc) is 2.87. The van der Waals surface area contributed by atoms with Crippen molar-refractivity contribution in [3.05, 3.63) is 22.4 Å². The summed E-state index contributed by atoms with van der Waals surface area (Å²) < 4.78 is 29.5. The van der Waals surface area contributed by atoms with Crippen LogP contribution in [0.5, 0.6) is 11.5 Å². The van der Waals surface area contributed by atoms with Gasteiger partial charge in [0, 0.05) is 10.5 Å². The highest BCUT2D eigenvalue weighted by atomic mass is 79.9. The molecule has 88 valence electrons. The summed E-state index contributed by atoms with van der Waals surface area (Å²) in [6.45, 7) is 0.00308. The molecule has 17 heavy (non-hydrogen) atoms. The minimum atomic E-state index is -0.555. The minimum absolute atomic E-state index is 0.00308. The average molecular weight is 301 g/mol. The minimum Gasteiger partial charge on any atom is -0.453 e. The summed E-state index contributed by atoms with van der Waals surface area (Å²) in [4.78, 5) is 0. The van der Waals surface area contributed by atoms with Crippen LogP contribution in [0.3, 0.4) is 0 Å². The maximum absolute atomic E-state index is 14.2. The summed E-state index contributed by atoms with van der Waals surface area (Å²) in [5, 5.41) is 3.67. The number of aromatic nitrogens is 1. The van der Waals surface area contributed by atoms with Gasteiger partial charge < -0.3 is 19.7 Å². The van der Waals surface area contributed by atoms with Gasteiger partial charge in [0.25, 0.3) is 0 Å². The maximum atomic E-state index is 14.2. The molecule has 2 N–H and O–H groups in total. The lowest BCUT2D eigenvalue weighted by molar-refractivity contribution is 0.171. The Labute approximate surface area is 103 Å². The quantitative estimate of drug-likeness (QED) is 0.876. The van der Waals surface area contributed by atoms with Crippen LogP contribution in [0.4, 0.5) is 10.3 Å². The molecule has 5 nitrogen and oxygen atoms in total. The van der Waals surface area contributed by atoms with Gasteiger partial charge in [-0.3, -0.25) is 0 Å². The van der Waals surface area contributed by atoms with Crippen LogP contribution in [-0.2, 0) is 0 Å². The third-order valence-corrected chi connectivity index (χ3v) is 2.97. The number of hydrogen-bond acceptors (Lipinski definition) is 5. The molecule has 0 saturated carbocycles. The number of nitrogens with two attached hydrogens (primary N) is 1. The van der Waals surface area contributed by atoms with Crippen molar-refractivity contribution in [2.75, 3.05) is 12.5 Å². The van der Waals surface area contributed by atoms with Crippen LogP contribution in [0, 0.1) is 5.82 Å². The Balaban J connectivity index is 2.23. The van der Waals surface area contributed by atoms with Crippen molar-refractivity contribution < 1.29 is 18.4 Å². The van der Waals surface area contributed by atoms with E-state index >= 15 is 0 Å². The Kier molecular flexibility index (Phi) is 2.22. The number of nitrogen functional groups attached to an aromatic ring is 1. The van der Waals surface area contributed by atoms with E-state index in [0.29, 0.717) is 15.9 Å². The van der Waals surface area contributed by atoms with Gasteiger partial charge in [0.1, 0.15) is 5.69 Å². The molecule has 3 rings (SSSR count). The molecule has 0 spiro atoms. The first-order valence-electron chi connectivity index (χ1n) is 4.67. The molecule has 2 heterocycles. The second-order valence-corrected chi connectivity index (χ2v) is 4.25. The van der Waals surface area contributed by atoms with E-state index in [0.717, 1.165) is 0 Å². The monoisotopic (exact) mass is 300 g/mol. The zero-order chi connectivity index (χ0) is 12.0. The number of ether oxygens (including phenoxy) is 2. The second-order valence-electron chi connectivity index (χ2n) is 3.40. The van der Waals surface area contributed by atoms with Crippen LogP contribution >= 0.6 is 15.9 Å². The molecular formula is C10H6BrFN2O3. The Bertz CT molecular complexity index is 599. The second kappa shape index (κ2) is 3.63. The van der Waals surface area contributed by atoms with Crippen LogP contribution in [-0.4, -0.2) is 11.9 Å². The molecule has 0 amide bonds. The largest absolute Gasteiger partial charge is 0.453 e. The highest BCUT2D eigenvalue weighted by Crippen LogP contribution is 2.44. The van der Waals surface area contributed by atoms with Gasteiger partial charge in [-0.05, 0) is 22.0 Å². The summed E-state index contributed by atoms with van der Waals surface area (Å²) in [5.74, 6) is -0.0106. The first kappa shape index (κ1) is 10.4. The number of halogens is 2. The fourth-order valence-corrected chi connectivity index (χ4v) is 2.20. The van der Waals surface area contributed by atoms with E-state index in [4.69, 9.17) is 19.7 Å². The van der Waals surface area contributed by atoms with Crippen molar-refractivity contribution in [3.63, 3.8) is 0 Å². The Hall–Kier alpha value is -1.76. The topological polar surface area (TPSA) is 70.5 Å². The predicted octanol–water partition coefficient (Wildman–Crippen LogP) is 2.55. The normalized spacial score (nSPS) is 13.1. The van der Waals surface area contributed by atoms with Gasteiger partial charge in [0.2, 0.25) is 18.4 Å². The number of anilines is 1. The maximum Gasteiger partial charge on any atom is 0.231 e. The van der Waals surface area contributed by atoms with Crippen LogP contribution in [0.25, 0.3) is 11.3 Å². The van der Waals surface area contributed by atoms with E-state index in [2.05, 4.69) is 21.1 Å². The molecule has 1 aliphatic heterocycles. The molecule has 0 radical (unpaired) electrons. The van der Waals surface area contributed by atoms with Gasteiger partial charge >= 0.3 is 0 Å². The van der Waals surface area contributed by atoms with Crippen LogP contribution in [0.15, 0.2) is 21.1 Å². The first-order valence-corrected chi connectivity index (χ1v) is 5.46. The molecule has 0 saturated heterocycles. The van der Waals surface area contributed by atoms with E-state index in [1.807, 2.05) is 0 Å². The third-order valence-electron chi connectivity index (χ3n) is 2.34. The van der Waals surface area contributed by atoms with E-state index in [1.54, 1.807) is 6.07 Å². The lowest BCUT2D eigenvalue weighted by Gasteiger charge is -2.05. The molecule has 1 aromatic carbocycles. The van der Waals surface area contributed by atoms with Gasteiger partial charge in [-0.25, -0.2) is 4.39 Å².